The highest BCUT2D eigenvalue weighted by Crippen LogP contribution is 2.19. The molecular weight excluding hydrogens is 270 g/mol. The number of carbonyl (C=O) groups excluding carboxylic acids is 1. The predicted molar refractivity (Wildman–Crippen MR) is 72.9 cm³/mol. The van der Waals surface area contributed by atoms with E-state index in [0.717, 1.165) is 6.21 Å². The summed E-state index contributed by atoms with van der Waals surface area (Å²) in [5.74, 6) is -0.307. The molecule has 0 unspecified atom stereocenters. The Bertz CT molecular complexity index is 619. The normalized spacial score (nSPS) is 12.5. The average Bonchev–Trinajstić information content (AvgIpc) is 2.32. The summed E-state index contributed by atoms with van der Waals surface area (Å²) >= 11 is 5.00. The van der Waals surface area contributed by atoms with Crippen molar-refractivity contribution >= 4 is 24.5 Å². The molecule has 9 heteroatoms. The largest absolute Gasteiger partial charge is 0.494 e. The van der Waals surface area contributed by atoms with Crippen molar-refractivity contribution in [3.05, 3.63) is 20.7 Å². The molecule has 1 aromatic rings. The molecule has 0 saturated heterocycles. The molecule has 0 spiro atoms. The fourth-order valence-electron chi connectivity index (χ4n) is 1.42. The SMILES string of the molecule is CC[C@@H](C)n1c(O)c(/C=N/NC(N)=O)c(=O)[nH]c1=S. The van der Waals surface area contributed by atoms with Gasteiger partial charge in [0.25, 0.3) is 5.56 Å². The predicted octanol–water partition coefficient (Wildman–Crippen LogP) is 0.585. The van der Waals surface area contributed by atoms with Gasteiger partial charge >= 0.3 is 6.03 Å². The van der Waals surface area contributed by atoms with E-state index >= 15 is 0 Å². The standard InChI is InChI=1S/C10H15N5O3S/c1-3-5(2)15-8(17)6(4-12-14-9(11)18)7(16)13-10(15)19/h4-5,17H,3H2,1-2H3,(H3,11,14,18)(H,13,16,19)/b12-4+/t5-/m1/s1. The van der Waals surface area contributed by atoms with Crippen molar-refractivity contribution in [2.75, 3.05) is 0 Å². The Morgan fingerprint density at radius 2 is 2.37 bits per heavy atom. The van der Waals surface area contributed by atoms with Crippen molar-refractivity contribution in [2.24, 2.45) is 10.8 Å². The number of rotatable bonds is 4. The first-order valence-corrected chi connectivity index (χ1v) is 5.95. The van der Waals surface area contributed by atoms with Crippen LogP contribution in [0.4, 0.5) is 4.79 Å². The quantitative estimate of drug-likeness (QED) is 0.367. The number of nitrogens with one attached hydrogen (secondary N) is 2. The molecule has 0 aromatic carbocycles. The second-order valence-electron chi connectivity index (χ2n) is 3.86. The topological polar surface area (TPSA) is 125 Å². The summed E-state index contributed by atoms with van der Waals surface area (Å²) in [6, 6.07) is -0.970. The van der Waals surface area contributed by atoms with Crippen LogP contribution in [-0.2, 0) is 0 Å². The maximum atomic E-state index is 11.7. The Balaban J connectivity index is 3.33. The maximum Gasteiger partial charge on any atom is 0.332 e. The zero-order valence-corrected chi connectivity index (χ0v) is 11.3. The number of urea groups is 1. The van der Waals surface area contributed by atoms with Crippen LogP contribution in [0.5, 0.6) is 5.88 Å². The van der Waals surface area contributed by atoms with Crippen molar-refractivity contribution in [3.8, 4) is 5.88 Å². The number of nitrogens with two attached hydrogens (primary N) is 1. The first kappa shape index (κ1) is 14.9. The van der Waals surface area contributed by atoms with E-state index in [1.54, 1.807) is 0 Å². The van der Waals surface area contributed by atoms with Gasteiger partial charge in [-0.25, -0.2) is 10.2 Å². The number of amides is 2. The molecule has 0 aliphatic heterocycles. The van der Waals surface area contributed by atoms with Crippen LogP contribution >= 0.6 is 12.2 Å². The molecule has 19 heavy (non-hydrogen) atoms. The van der Waals surface area contributed by atoms with Gasteiger partial charge < -0.3 is 10.8 Å². The smallest absolute Gasteiger partial charge is 0.332 e. The van der Waals surface area contributed by atoms with E-state index in [0.29, 0.717) is 6.42 Å². The summed E-state index contributed by atoms with van der Waals surface area (Å²) in [4.78, 5) is 24.6. The van der Waals surface area contributed by atoms with Gasteiger partial charge in [-0.3, -0.25) is 14.3 Å². The molecule has 1 aromatic heterocycles. The summed E-state index contributed by atoms with van der Waals surface area (Å²) in [5, 5.41) is 13.5. The molecule has 1 rings (SSSR count). The molecule has 0 radical (unpaired) electrons. The lowest BCUT2D eigenvalue weighted by Crippen LogP contribution is -2.25. The lowest BCUT2D eigenvalue weighted by Gasteiger charge is -2.16. The van der Waals surface area contributed by atoms with E-state index in [2.05, 4.69) is 10.1 Å². The summed E-state index contributed by atoms with van der Waals surface area (Å²) in [6.45, 7) is 3.76. The third-order valence-electron chi connectivity index (χ3n) is 2.55. The van der Waals surface area contributed by atoms with Crippen LogP contribution in [0.25, 0.3) is 0 Å². The molecular formula is C10H15N5O3S. The van der Waals surface area contributed by atoms with Crippen LogP contribution in [-0.4, -0.2) is 26.9 Å². The van der Waals surface area contributed by atoms with Crippen LogP contribution in [0, 0.1) is 4.77 Å². The van der Waals surface area contributed by atoms with E-state index in [4.69, 9.17) is 18.0 Å². The van der Waals surface area contributed by atoms with E-state index in [1.807, 2.05) is 19.3 Å². The minimum atomic E-state index is -0.873. The van der Waals surface area contributed by atoms with E-state index < -0.39 is 11.6 Å². The lowest BCUT2D eigenvalue weighted by atomic mass is 10.2. The van der Waals surface area contributed by atoms with Gasteiger partial charge in [-0.05, 0) is 25.6 Å². The third-order valence-corrected chi connectivity index (χ3v) is 2.85. The van der Waals surface area contributed by atoms with Crippen molar-refractivity contribution in [2.45, 2.75) is 26.3 Å². The Kier molecular flexibility index (Phi) is 4.81. The number of aromatic hydroxyl groups is 1. The van der Waals surface area contributed by atoms with Crippen molar-refractivity contribution in [3.63, 3.8) is 0 Å². The van der Waals surface area contributed by atoms with Gasteiger partial charge in [0.15, 0.2) is 4.77 Å². The fraction of sp³-hybridized carbons (Fsp3) is 0.400. The molecule has 0 saturated carbocycles. The van der Waals surface area contributed by atoms with Gasteiger partial charge in [-0.2, -0.15) is 5.10 Å². The van der Waals surface area contributed by atoms with E-state index in [1.165, 1.54) is 4.57 Å². The zero-order valence-electron chi connectivity index (χ0n) is 10.5. The lowest BCUT2D eigenvalue weighted by molar-refractivity contribution is 0.249. The summed E-state index contributed by atoms with van der Waals surface area (Å²) in [6.07, 6.45) is 1.72. The number of hydrogen-bond donors (Lipinski definition) is 4. The number of nitrogens with zero attached hydrogens (tertiary/aromatic N) is 2. The monoisotopic (exact) mass is 285 g/mol. The van der Waals surface area contributed by atoms with Gasteiger partial charge in [0.2, 0.25) is 5.88 Å². The highest BCUT2D eigenvalue weighted by molar-refractivity contribution is 7.71. The first-order chi connectivity index (χ1) is 8.88. The molecule has 0 bridgehead atoms. The first-order valence-electron chi connectivity index (χ1n) is 5.54. The van der Waals surface area contributed by atoms with E-state index in [9.17, 15) is 14.7 Å². The van der Waals surface area contributed by atoms with Gasteiger partial charge in [0.1, 0.15) is 5.56 Å². The minimum absolute atomic E-state index is 0.0967. The van der Waals surface area contributed by atoms with Gasteiger partial charge in [-0.1, -0.05) is 6.92 Å². The Morgan fingerprint density at radius 3 is 2.89 bits per heavy atom. The van der Waals surface area contributed by atoms with Gasteiger partial charge in [-0.15, -0.1) is 0 Å². The van der Waals surface area contributed by atoms with Crippen molar-refractivity contribution in [1.82, 2.24) is 15.0 Å². The molecule has 2 amide bonds. The van der Waals surface area contributed by atoms with Gasteiger partial charge in [0, 0.05) is 6.04 Å². The molecule has 1 heterocycles. The molecule has 5 N–H and O–H groups in total. The zero-order chi connectivity index (χ0) is 14.6. The van der Waals surface area contributed by atoms with Crippen LogP contribution in [0.3, 0.4) is 0 Å². The third kappa shape index (κ3) is 3.41. The van der Waals surface area contributed by atoms with Crippen molar-refractivity contribution < 1.29 is 9.90 Å². The second-order valence-corrected chi connectivity index (χ2v) is 4.24. The molecule has 0 aliphatic carbocycles. The van der Waals surface area contributed by atoms with Crippen LogP contribution in [0.2, 0.25) is 0 Å². The van der Waals surface area contributed by atoms with Crippen LogP contribution in [0.1, 0.15) is 31.9 Å². The highest BCUT2D eigenvalue weighted by atomic mass is 32.1. The maximum absolute atomic E-state index is 11.7. The summed E-state index contributed by atoms with van der Waals surface area (Å²) in [7, 11) is 0. The molecule has 0 aliphatic rings. The van der Waals surface area contributed by atoms with E-state index in [-0.39, 0.29) is 22.3 Å². The average molecular weight is 285 g/mol. The number of primary amides is 1. The molecule has 104 valence electrons. The molecule has 8 nitrogen and oxygen atoms in total. The van der Waals surface area contributed by atoms with Crippen LogP contribution in [0.15, 0.2) is 9.90 Å². The minimum Gasteiger partial charge on any atom is -0.494 e. The number of hydrazone groups is 1. The Labute approximate surface area is 114 Å². The molecule has 1 atom stereocenters. The van der Waals surface area contributed by atoms with Crippen LogP contribution < -0.4 is 16.7 Å². The Morgan fingerprint density at radius 1 is 1.74 bits per heavy atom. The Hall–Kier alpha value is -2.16. The number of carbonyl (C=O) groups is 1. The fourth-order valence-corrected chi connectivity index (χ4v) is 1.78. The number of H-pyrrole nitrogens is 1. The number of hydrogen-bond acceptors (Lipinski definition) is 5. The number of aromatic nitrogens is 2. The van der Waals surface area contributed by atoms with Crippen molar-refractivity contribution in [1.29, 1.82) is 0 Å². The summed E-state index contributed by atoms with van der Waals surface area (Å²) < 4.78 is 1.53. The number of aromatic amines is 1. The molecule has 0 fully saturated rings. The second kappa shape index (κ2) is 6.14. The summed E-state index contributed by atoms with van der Waals surface area (Å²) in [5.41, 5.74) is 6.05. The van der Waals surface area contributed by atoms with Gasteiger partial charge in [0.05, 0.1) is 6.21 Å². The highest BCUT2D eigenvalue weighted by Gasteiger charge is 2.14.